The van der Waals surface area contributed by atoms with Gasteiger partial charge in [-0.1, -0.05) is 0 Å². The first-order valence-electron chi connectivity index (χ1n) is 5.78. The van der Waals surface area contributed by atoms with Gasteiger partial charge < -0.3 is 5.73 Å². The molecular weight excluding hydrogens is 250 g/mol. The second kappa shape index (κ2) is 5.06. The standard InChI is InChI=1S/C12H15N3O2S/c13-7-9-1-5-11(6-2-9)18(16,17)15-8-12(14)10-3-4-10/h1-2,5-6,10,12,15H,3-4,8,14H2. The predicted molar refractivity (Wildman–Crippen MR) is 67.0 cm³/mol. The van der Waals surface area contributed by atoms with E-state index < -0.39 is 10.0 Å². The maximum Gasteiger partial charge on any atom is 0.240 e. The molecule has 0 bridgehead atoms. The Labute approximate surface area is 107 Å². The number of hydrogen-bond acceptors (Lipinski definition) is 4. The first-order valence-corrected chi connectivity index (χ1v) is 7.26. The van der Waals surface area contributed by atoms with Gasteiger partial charge in [0.2, 0.25) is 10.0 Å². The minimum Gasteiger partial charge on any atom is -0.326 e. The van der Waals surface area contributed by atoms with Gasteiger partial charge in [-0.15, -0.1) is 0 Å². The predicted octanol–water partition coefficient (Wildman–Crippen LogP) is 0.574. The Balaban J connectivity index is 2.02. The lowest BCUT2D eigenvalue weighted by atomic mass is 10.2. The summed E-state index contributed by atoms with van der Waals surface area (Å²) in [5, 5.41) is 8.64. The molecule has 1 fully saturated rings. The van der Waals surface area contributed by atoms with Crippen LogP contribution in [-0.4, -0.2) is 21.0 Å². The van der Waals surface area contributed by atoms with Crippen LogP contribution in [0.1, 0.15) is 18.4 Å². The minimum atomic E-state index is -3.53. The van der Waals surface area contributed by atoms with E-state index in [9.17, 15) is 8.42 Å². The van der Waals surface area contributed by atoms with E-state index in [1.807, 2.05) is 6.07 Å². The molecule has 1 aromatic rings. The number of nitriles is 1. The summed E-state index contributed by atoms with van der Waals surface area (Å²) in [6.45, 7) is 0.257. The third-order valence-electron chi connectivity index (χ3n) is 3.03. The monoisotopic (exact) mass is 265 g/mol. The molecule has 0 saturated heterocycles. The van der Waals surface area contributed by atoms with Crippen LogP contribution in [0, 0.1) is 17.2 Å². The Morgan fingerprint density at radius 3 is 2.50 bits per heavy atom. The summed E-state index contributed by atoms with van der Waals surface area (Å²) >= 11 is 0. The summed E-state index contributed by atoms with van der Waals surface area (Å²) in [5.41, 5.74) is 6.27. The Morgan fingerprint density at radius 1 is 1.39 bits per heavy atom. The SMILES string of the molecule is N#Cc1ccc(S(=O)(=O)NCC(N)C2CC2)cc1. The zero-order chi connectivity index (χ0) is 13.2. The fourth-order valence-electron chi connectivity index (χ4n) is 1.69. The number of rotatable bonds is 5. The third kappa shape index (κ3) is 3.07. The minimum absolute atomic E-state index is 0.113. The van der Waals surface area contributed by atoms with Gasteiger partial charge >= 0.3 is 0 Å². The first-order chi connectivity index (χ1) is 8.53. The number of nitrogens with two attached hydrogens (primary N) is 1. The van der Waals surface area contributed by atoms with Crippen LogP contribution in [0.15, 0.2) is 29.2 Å². The van der Waals surface area contributed by atoms with Crippen LogP contribution in [0.2, 0.25) is 0 Å². The second-order valence-electron chi connectivity index (χ2n) is 4.49. The molecule has 5 nitrogen and oxygen atoms in total. The third-order valence-corrected chi connectivity index (χ3v) is 4.47. The molecule has 0 aromatic heterocycles. The lowest BCUT2D eigenvalue weighted by Crippen LogP contribution is -2.38. The molecule has 96 valence electrons. The van der Waals surface area contributed by atoms with Crippen molar-refractivity contribution >= 4 is 10.0 Å². The van der Waals surface area contributed by atoms with Crippen LogP contribution < -0.4 is 10.5 Å². The highest BCUT2D eigenvalue weighted by Crippen LogP contribution is 2.31. The highest BCUT2D eigenvalue weighted by atomic mass is 32.2. The molecule has 3 N–H and O–H groups in total. The summed E-state index contributed by atoms with van der Waals surface area (Å²) in [6.07, 6.45) is 2.17. The number of hydrogen-bond donors (Lipinski definition) is 2. The van der Waals surface area contributed by atoms with Crippen LogP contribution in [0.5, 0.6) is 0 Å². The van der Waals surface area contributed by atoms with Crippen LogP contribution in [-0.2, 0) is 10.0 Å². The average Bonchev–Trinajstić information content (AvgIpc) is 3.20. The summed E-state index contributed by atoms with van der Waals surface area (Å²) in [7, 11) is -3.53. The fraction of sp³-hybridized carbons (Fsp3) is 0.417. The normalized spacial score (nSPS) is 17.1. The van der Waals surface area contributed by atoms with Gasteiger partial charge in [-0.2, -0.15) is 5.26 Å². The summed E-state index contributed by atoms with van der Waals surface area (Å²) in [6, 6.07) is 7.63. The molecule has 0 heterocycles. The largest absolute Gasteiger partial charge is 0.326 e. The van der Waals surface area contributed by atoms with Gasteiger partial charge in [-0.3, -0.25) is 0 Å². The quantitative estimate of drug-likeness (QED) is 0.813. The van der Waals surface area contributed by atoms with Gasteiger partial charge in [0.15, 0.2) is 0 Å². The summed E-state index contributed by atoms with van der Waals surface area (Å²) in [4.78, 5) is 0.157. The molecule has 1 saturated carbocycles. The van der Waals surface area contributed by atoms with Crippen LogP contribution in [0.25, 0.3) is 0 Å². The smallest absolute Gasteiger partial charge is 0.240 e. The van der Waals surface area contributed by atoms with Crippen molar-refractivity contribution in [3.63, 3.8) is 0 Å². The van der Waals surface area contributed by atoms with E-state index in [0.717, 1.165) is 12.8 Å². The lowest BCUT2D eigenvalue weighted by molar-refractivity contribution is 0.548. The highest BCUT2D eigenvalue weighted by Gasteiger charge is 2.29. The molecular formula is C12H15N3O2S. The van der Waals surface area contributed by atoms with Crippen molar-refractivity contribution in [2.75, 3.05) is 6.54 Å². The zero-order valence-electron chi connectivity index (χ0n) is 9.83. The van der Waals surface area contributed by atoms with E-state index in [1.54, 1.807) is 0 Å². The Hall–Kier alpha value is -1.42. The van der Waals surface area contributed by atoms with E-state index in [1.165, 1.54) is 24.3 Å². The first kappa shape index (κ1) is 13.0. The molecule has 6 heteroatoms. The van der Waals surface area contributed by atoms with Crippen molar-refractivity contribution in [2.24, 2.45) is 11.7 Å². The molecule has 1 aliphatic carbocycles. The van der Waals surface area contributed by atoms with E-state index in [2.05, 4.69) is 4.72 Å². The fourth-order valence-corrected chi connectivity index (χ4v) is 2.76. The number of nitrogens with zero attached hydrogens (tertiary/aromatic N) is 1. The van der Waals surface area contributed by atoms with Crippen molar-refractivity contribution in [1.29, 1.82) is 5.26 Å². The lowest BCUT2D eigenvalue weighted by Gasteiger charge is -2.12. The van der Waals surface area contributed by atoms with E-state index in [4.69, 9.17) is 11.0 Å². The molecule has 1 unspecified atom stereocenters. The zero-order valence-corrected chi connectivity index (χ0v) is 10.7. The van der Waals surface area contributed by atoms with Crippen molar-refractivity contribution in [2.45, 2.75) is 23.8 Å². The highest BCUT2D eigenvalue weighted by molar-refractivity contribution is 7.89. The second-order valence-corrected chi connectivity index (χ2v) is 6.26. The molecule has 2 rings (SSSR count). The van der Waals surface area contributed by atoms with Crippen molar-refractivity contribution in [3.8, 4) is 6.07 Å². The van der Waals surface area contributed by atoms with Crippen molar-refractivity contribution < 1.29 is 8.42 Å². The Bertz CT molecular complexity index is 556. The number of benzene rings is 1. The maximum absolute atomic E-state index is 11.9. The van der Waals surface area contributed by atoms with E-state index in [-0.39, 0.29) is 17.5 Å². The number of sulfonamides is 1. The average molecular weight is 265 g/mol. The van der Waals surface area contributed by atoms with Crippen LogP contribution in [0.4, 0.5) is 0 Å². The molecule has 1 aromatic carbocycles. The summed E-state index contributed by atoms with van der Waals surface area (Å²) < 4.78 is 26.4. The van der Waals surface area contributed by atoms with Crippen molar-refractivity contribution in [1.82, 2.24) is 4.72 Å². The van der Waals surface area contributed by atoms with Gasteiger partial charge in [0, 0.05) is 12.6 Å². The van der Waals surface area contributed by atoms with E-state index in [0.29, 0.717) is 11.5 Å². The van der Waals surface area contributed by atoms with E-state index >= 15 is 0 Å². The van der Waals surface area contributed by atoms with Gasteiger partial charge in [0.1, 0.15) is 0 Å². The van der Waals surface area contributed by atoms with Gasteiger partial charge in [-0.25, -0.2) is 13.1 Å². The molecule has 1 atom stereocenters. The van der Waals surface area contributed by atoms with Crippen molar-refractivity contribution in [3.05, 3.63) is 29.8 Å². The Kier molecular flexibility index (Phi) is 3.66. The van der Waals surface area contributed by atoms with Gasteiger partial charge in [0.25, 0.3) is 0 Å². The molecule has 0 spiro atoms. The van der Waals surface area contributed by atoms with Gasteiger partial charge in [-0.05, 0) is 43.0 Å². The molecule has 0 aliphatic heterocycles. The number of nitrogens with one attached hydrogen (secondary N) is 1. The summed E-state index contributed by atoms with van der Waals surface area (Å²) in [5.74, 6) is 0.452. The molecule has 1 aliphatic rings. The molecule has 0 radical (unpaired) electrons. The maximum atomic E-state index is 11.9. The molecule has 18 heavy (non-hydrogen) atoms. The topological polar surface area (TPSA) is 96.0 Å². The van der Waals surface area contributed by atoms with Crippen LogP contribution >= 0.6 is 0 Å². The Morgan fingerprint density at radius 2 is 2.00 bits per heavy atom. The van der Waals surface area contributed by atoms with Crippen LogP contribution in [0.3, 0.4) is 0 Å². The van der Waals surface area contributed by atoms with Gasteiger partial charge in [0.05, 0.1) is 16.5 Å². The molecule has 0 amide bonds.